The van der Waals surface area contributed by atoms with Gasteiger partial charge >= 0.3 is 0 Å². The summed E-state index contributed by atoms with van der Waals surface area (Å²) in [6.45, 7) is 1.85. The number of hydrogen-bond donors (Lipinski definition) is 1. The van der Waals surface area contributed by atoms with Crippen LogP contribution in [0.3, 0.4) is 0 Å². The highest BCUT2D eigenvalue weighted by atomic mass is 19.2. The lowest BCUT2D eigenvalue weighted by molar-refractivity contribution is -0.132. The number of carbonyl (C=O) groups excluding carboxylic acids is 1. The standard InChI is InChI=1S/C25H27F2N5O/c26-21-6-3-18(12-22(21)27)25(9-1-10-25)30-11-8-24(33)31-15-19-4-5-20(16-31)32(19)23-7-2-17(13-28)14-29-23/h2-3,6-7,12,14,19-20,30H,1,4-5,8-11,15-16H2. The zero-order chi connectivity index (χ0) is 23.0. The van der Waals surface area contributed by atoms with Crippen LogP contribution >= 0.6 is 0 Å². The van der Waals surface area contributed by atoms with E-state index < -0.39 is 11.6 Å². The zero-order valence-corrected chi connectivity index (χ0v) is 18.4. The van der Waals surface area contributed by atoms with Crippen LogP contribution in [0.15, 0.2) is 36.5 Å². The van der Waals surface area contributed by atoms with Crippen LogP contribution in [0.2, 0.25) is 0 Å². The maximum Gasteiger partial charge on any atom is 0.223 e. The number of likely N-dealkylation sites (tertiary alicyclic amines) is 1. The van der Waals surface area contributed by atoms with Crippen molar-refractivity contribution in [2.24, 2.45) is 0 Å². The van der Waals surface area contributed by atoms with Crippen molar-refractivity contribution < 1.29 is 13.6 Å². The molecule has 0 radical (unpaired) electrons. The summed E-state index contributed by atoms with van der Waals surface area (Å²) in [5.41, 5.74) is 0.926. The quantitative estimate of drug-likeness (QED) is 0.728. The van der Waals surface area contributed by atoms with Crippen molar-refractivity contribution in [1.29, 1.82) is 5.26 Å². The number of pyridine rings is 1. The highest BCUT2D eigenvalue weighted by Gasteiger charge is 2.42. The molecule has 2 bridgehead atoms. The van der Waals surface area contributed by atoms with Crippen molar-refractivity contribution in [3.8, 4) is 6.07 Å². The molecule has 1 aliphatic carbocycles. The van der Waals surface area contributed by atoms with Crippen LogP contribution in [-0.2, 0) is 10.3 Å². The maximum absolute atomic E-state index is 13.7. The van der Waals surface area contributed by atoms with Gasteiger partial charge in [-0.15, -0.1) is 0 Å². The fourth-order valence-electron chi connectivity index (χ4n) is 5.54. The smallest absolute Gasteiger partial charge is 0.223 e. The molecule has 33 heavy (non-hydrogen) atoms. The Balaban J connectivity index is 1.18. The molecule has 0 spiro atoms. The molecular formula is C25H27F2N5O. The van der Waals surface area contributed by atoms with Crippen LogP contribution < -0.4 is 10.2 Å². The van der Waals surface area contributed by atoms with Gasteiger partial charge in [-0.25, -0.2) is 13.8 Å². The number of nitrogens with one attached hydrogen (secondary N) is 1. The molecule has 6 nitrogen and oxygen atoms in total. The molecule has 2 unspecified atom stereocenters. The second kappa shape index (κ2) is 8.71. The van der Waals surface area contributed by atoms with Gasteiger partial charge in [0.15, 0.2) is 11.6 Å². The molecule has 3 fully saturated rings. The molecule has 1 aromatic carbocycles. The summed E-state index contributed by atoms with van der Waals surface area (Å²) in [4.78, 5) is 21.7. The second-order valence-electron chi connectivity index (χ2n) is 9.35. The van der Waals surface area contributed by atoms with Crippen molar-refractivity contribution in [2.75, 3.05) is 24.5 Å². The number of amides is 1. The summed E-state index contributed by atoms with van der Waals surface area (Å²) in [6, 6.07) is 10.3. The molecule has 5 rings (SSSR count). The van der Waals surface area contributed by atoms with Crippen LogP contribution in [-0.4, -0.2) is 47.5 Å². The summed E-state index contributed by atoms with van der Waals surface area (Å²) in [5, 5.41) is 12.5. The van der Waals surface area contributed by atoms with Crippen LogP contribution in [0.5, 0.6) is 0 Å². The first-order chi connectivity index (χ1) is 16.0. The Morgan fingerprint density at radius 1 is 1.15 bits per heavy atom. The zero-order valence-electron chi connectivity index (χ0n) is 18.4. The molecule has 1 saturated carbocycles. The van der Waals surface area contributed by atoms with Gasteiger partial charge in [0.1, 0.15) is 11.9 Å². The topological polar surface area (TPSA) is 72.3 Å². The predicted octanol–water partition coefficient (Wildman–Crippen LogP) is 3.47. The van der Waals surface area contributed by atoms with Gasteiger partial charge in [-0.1, -0.05) is 6.07 Å². The van der Waals surface area contributed by atoms with E-state index in [0.29, 0.717) is 31.6 Å². The van der Waals surface area contributed by atoms with Crippen molar-refractivity contribution in [1.82, 2.24) is 15.2 Å². The first kappa shape index (κ1) is 21.8. The SMILES string of the molecule is N#Cc1ccc(N2C3CCC2CN(C(=O)CCNC2(c4ccc(F)c(F)c4)CCC2)C3)nc1. The highest BCUT2D eigenvalue weighted by Crippen LogP contribution is 2.41. The molecule has 1 amide bonds. The molecular weight excluding hydrogens is 424 g/mol. The van der Waals surface area contributed by atoms with Gasteiger partial charge in [0, 0.05) is 49.9 Å². The molecule has 3 heterocycles. The molecule has 172 valence electrons. The fraction of sp³-hybridized carbons (Fsp3) is 0.480. The van der Waals surface area contributed by atoms with E-state index in [2.05, 4.69) is 21.3 Å². The predicted molar refractivity (Wildman–Crippen MR) is 119 cm³/mol. The third-order valence-electron chi connectivity index (χ3n) is 7.46. The van der Waals surface area contributed by atoms with E-state index in [-0.39, 0.29) is 23.5 Å². The number of hydrogen-bond acceptors (Lipinski definition) is 5. The molecule has 1 N–H and O–H groups in total. The fourth-order valence-corrected chi connectivity index (χ4v) is 5.54. The number of anilines is 1. The van der Waals surface area contributed by atoms with Crippen LogP contribution in [0, 0.1) is 23.0 Å². The molecule has 3 aliphatic rings. The van der Waals surface area contributed by atoms with Gasteiger partial charge in [0.25, 0.3) is 0 Å². The lowest BCUT2D eigenvalue weighted by atomic mass is 9.71. The first-order valence-corrected chi connectivity index (χ1v) is 11.6. The number of fused-ring (bicyclic) bond motifs is 2. The summed E-state index contributed by atoms with van der Waals surface area (Å²) >= 11 is 0. The van der Waals surface area contributed by atoms with Gasteiger partial charge < -0.3 is 15.1 Å². The number of rotatable bonds is 6. The third-order valence-corrected chi connectivity index (χ3v) is 7.46. The Morgan fingerprint density at radius 3 is 2.48 bits per heavy atom. The van der Waals surface area contributed by atoms with E-state index in [1.807, 2.05) is 11.0 Å². The average Bonchev–Trinajstić information content (AvgIpc) is 3.06. The molecule has 1 aromatic heterocycles. The van der Waals surface area contributed by atoms with Crippen LogP contribution in [0.1, 0.15) is 49.7 Å². The molecule has 2 aliphatic heterocycles. The summed E-state index contributed by atoms with van der Waals surface area (Å²) in [5.74, 6) is -0.685. The minimum atomic E-state index is -0.839. The Labute approximate surface area is 192 Å². The van der Waals surface area contributed by atoms with Crippen molar-refractivity contribution in [2.45, 2.75) is 56.1 Å². The molecule has 2 atom stereocenters. The van der Waals surface area contributed by atoms with Crippen molar-refractivity contribution in [3.63, 3.8) is 0 Å². The van der Waals surface area contributed by atoms with Crippen molar-refractivity contribution in [3.05, 3.63) is 59.3 Å². The number of aromatic nitrogens is 1. The van der Waals surface area contributed by atoms with Gasteiger partial charge in [-0.05, 0) is 61.9 Å². The van der Waals surface area contributed by atoms with E-state index in [4.69, 9.17) is 5.26 Å². The monoisotopic (exact) mass is 451 g/mol. The van der Waals surface area contributed by atoms with E-state index in [1.165, 1.54) is 12.1 Å². The minimum absolute atomic E-state index is 0.117. The van der Waals surface area contributed by atoms with E-state index in [0.717, 1.165) is 43.5 Å². The number of carbonyl (C=O) groups is 1. The molecule has 2 saturated heterocycles. The lowest BCUT2D eigenvalue weighted by Gasteiger charge is -2.44. The van der Waals surface area contributed by atoms with Gasteiger partial charge in [0.05, 0.1) is 5.56 Å². The number of benzene rings is 1. The van der Waals surface area contributed by atoms with E-state index in [9.17, 15) is 13.6 Å². The number of nitriles is 1. The van der Waals surface area contributed by atoms with Crippen LogP contribution in [0.25, 0.3) is 0 Å². The average molecular weight is 452 g/mol. The second-order valence-corrected chi connectivity index (χ2v) is 9.35. The Bertz CT molecular complexity index is 1070. The number of halogens is 2. The summed E-state index contributed by atoms with van der Waals surface area (Å²) in [7, 11) is 0. The van der Waals surface area contributed by atoms with Gasteiger partial charge in [0.2, 0.25) is 5.91 Å². The van der Waals surface area contributed by atoms with Crippen molar-refractivity contribution >= 4 is 11.7 Å². The maximum atomic E-state index is 13.7. The molecule has 2 aromatic rings. The van der Waals surface area contributed by atoms with Gasteiger partial charge in [-0.3, -0.25) is 4.79 Å². The lowest BCUT2D eigenvalue weighted by Crippen LogP contribution is -2.56. The Morgan fingerprint density at radius 2 is 1.91 bits per heavy atom. The normalized spacial score (nSPS) is 23.2. The van der Waals surface area contributed by atoms with Crippen LogP contribution in [0.4, 0.5) is 14.6 Å². The largest absolute Gasteiger partial charge is 0.347 e. The van der Waals surface area contributed by atoms with E-state index >= 15 is 0 Å². The number of piperazine rings is 1. The summed E-state index contributed by atoms with van der Waals surface area (Å²) < 4.78 is 27.1. The third kappa shape index (κ3) is 4.06. The minimum Gasteiger partial charge on any atom is -0.347 e. The Kier molecular flexibility index (Phi) is 5.75. The Hall–Kier alpha value is -3.05. The highest BCUT2D eigenvalue weighted by molar-refractivity contribution is 5.77. The number of nitrogens with zero attached hydrogens (tertiary/aromatic N) is 4. The summed E-state index contributed by atoms with van der Waals surface area (Å²) in [6.07, 6.45) is 6.75. The molecule has 8 heteroatoms. The first-order valence-electron chi connectivity index (χ1n) is 11.6. The van der Waals surface area contributed by atoms with E-state index in [1.54, 1.807) is 18.3 Å². The van der Waals surface area contributed by atoms with Gasteiger partial charge in [-0.2, -0.15) is 5.26 Å².